The number of para-hydroxylation sites is 2. The second-order valence-electron chi connectivity index (χ2n) is 4.42. The minimum Gasteiger partial charge on any atom is -0.491 e. The summed E-state index contributed by atoms with van der Waals surface area (Å²) in [6.45, 7) is 0.658. The predicted molar refractivity (Wildman–Crippen MR) is 87.1 cm³/mol. The van der Waals surface area contributed by atoms with E-state index in [1.165, 1.54) is 5.56 Å². The number of hydrogen-bond donors (Lipinski definition) is 2. The Kier molecular flexibility index (Phi) is 5.38. The third-order valence-corrected chi connectivity index (χ3v) is 2.96. The Morgan fingerprint density at radius 1 is 1.05 bits per heavy atom. The van der Waals surface area contributed by atoms with Crippen LogP contribution in [0.25, 0.3) is 0 Å². The molecule has 0 unspecified atom stereocenters. The van der Waals surface area contributed by atoms with E-state index in [4.69, 9.17) is 22.7 Å². The molecule has 0 bridgehead atoms. The van der Waals surface area contributed by atoms with Crippen molar-refractivity contribution in [1.82, 2.24) is 0 Å². The van der Waals surface area contributed by atoms with Crippen LogP contribution in [0.15, 0.2) is 54.6 Å². The van der Waals surface area contributed by atoms with Gasteiger partial charge in [0.15, 0.2) is 5.11 Å². The number of hydrogen-bond acceptors (Lipinski definition) is 2. The van der Waals surface area contributed by atoms with Crippen LogP contribution in [0, 0.1) is 0 Å². The third-order valence-electron chi connectivity index (χ3n) is 2.86. The minimum atomic E-state index is 0.241. The molecular formula is C16H18N2OS. The van der Waals surface area contributed by atoms with Crippen LogP contribution in [-0.4, -0.2) is 11.7 Å². The molecule has 2 rings (SSSR count). The number of nitrogens with one attached hydrogen (secondary N) is 1. The first-order valence-electron chi connectivity index (χ1n) is 6.58. The van der Waals surface area contributed by atoms with Gasteiger partial charge >= 0.3 is 0 Å². The Labute approximate surface area is 124 Å². The van der Waals surface area contributed by atoms with Crippen molar-refractivity contribution in [1.29, 1.82) is 0 Å². The van der Waals surface area contributed by atoms with Gasteiger partial charge in [-0.05, 0) is 42.8 Å². The molecule has 0 atom stereocenters. The molecule has 2 aromatic carbocycles. The fraction of sp³-hybridized carbons (Fsp3) is 0.188. The molecular weight excluding hydrogens is 268 g/mol. The molecule has 0 aliphatic heterocycles. The van der Waals surface area contributed by atoms with Crippen molar-refractivity contribution in [2.75, 3.05) is 11.9 Å². The summed E-state index contributed by atoms with van der Waals surface area (Å²) in [4.78, 5) is 0. The highest BCUT2D eigenvalue weighted by molar-refractivity contribution is 7.80. The number of ether oxygens (including phenoxy) is 1. The maximum absolute atomic E-state index is 5.78. The minimum absolute atomic E-state index is 0.241. The van der Waals surface area contributed by atoms with Crippen molar-refractivity contribution >= 4 is 23.0 Å². The lowest BCUT2D eigenvalue weighted by molar-refractivity contribution is 0.312. The summed E-state index contributed by atoms with van der Waals surface area (Å²) in [7, 11) is 0. The molecule has 0 aromatic heterocycles. The lowest BCUT2D eigenvalue weighted by Crippen LogP contribution is -2.19. The monoisotopic (exact) mass is 286 g/mol. The topological polar surface area (TPSA) is 47.3 Å². The molecule has 0 saturated heterocycles. The molecule has 104 valence electrons. The molecule has 4 heteroatoms. The molecule has 3 nitrogen and oxygen atoms in total. The summed E-state index contributed by atoms with van der Waals surface area (Å²) in [5.74, 6) is 0.772. The van der Waals surface area contributed by atoms with Gasteiger partial charge in [-0.25, -0.2) is 0 Å². The highest BCUT2D eigenvalue weighted by Crippen LogP contribution is 2.23. The Bertz CT molecular complexity index is 557. The standard InChI is InChI=1S/C16H18N2OS/c17-16(20)18-14-10-4-5-11-15(14)19-12-6-9-13-7-2-1-3-8-13/h1-5,7-8,10-11H,6,9,12H2,(H3,17,18,20). The quantitative estimate of drug-likeness (QED) is 0.631. The van der Waals surface area contributed by atoms with Crippen molar-refractivity contribution < 1.29 is 4.74 Å². The predicted octanol–water partition coefficient (Wildman–Crippen LogP) is 3.35. The van der Waals surface area contributed by atoms with E-state index in [9.17, 15) is 0 Å². The average Bonchev–Trinajstić information content (AvgIpc) is 2.46. The Morgan fingerprint density at radius 3 is 2.50 bits per heavy atom. The van der Waals surface area contributed by atoms with Gasteiger partial charge in [0.05, 0.1) is 12.3 Å². The van der Waals surface area contributed by atoms with Crippen molar-refractivity contribution in [2.24, 2.45) is 5.73 Å². The summed E-state index contributed by atoms with van der Waals surface area (Å²) in [5, 5.41) is 3.16. The van der Waals surface area contributed by atoms with Crippen molar-refractivity contribution in [3.63, 3.8) is 0 Å². The van der Waals surface area contributed by atoms with E-state index >= 15 is 0 Å². The van der Waals surface area contributed by atoms with Crippen LogP contribution >= 0.6 is 12.2 Å². The van der Waals surface area contributed by atoms with E-state index in [2.05, 4.69) is 29.6 Å². The molecule has 2 aromatic rings. The molecule has 0 amide bonds. The number of rotatable bonds is 6. The zero-order valence-electron chi connectivity index (χ0n) is 11.2. The van der Waals surface area contributed by atoms with Crippen LogP contribution in [0.4, 0.5) is 5.69 Å². The highest BCUT2D eigenvalue weighted by atomic mass is 32.1. The summed E-state index contributed by atoms with van der Waals surface area (Å²) in [6.07, 6.45) is 1.97. The van der Waals surface area contributed by atoms with Crippen LogP contribution in [0.1, 0.15) is 12.0 Å². The van der Waals surface area contributed by atoms with E-state index in [1.54, 1.807) is 0 Å². The van der Waals surface area contributed by atoms with Gasteiger partial charge in [0.2, 0.25) is 0 Å². The van der Waals surface area contributed by atoms with Crippen molar-refractivity contribution in [2.45, 2.75) is 12.8 Å². The van der Waals surface area contributed by atoms with Crippen molar-refractivity contribution in [3.8, 4) is 5.75 Å². The maximum atomic E-state index is 5.78. The van der Waals surface area contributed by atoms with Gasteiger partial charge in [-0.1, -0.05) is 42.5 Å². The molecule has 20 heavy (non-hydrogen) atoms. The van der Waals surface area contributed by atoms with Crippen LogP contribution in [-0.2, 0) is 6.42 Å². The molecule has 3 N–H and O–H groups in total. The van der Waals surface area contributed by atoms with Gasteiger partial charge in [0, 0.05) is 0 Å². The van der Waals surface area contributed by atoms with Gasteiger partial charge in [-0.2, -0.15) is 0 Å². The van der Waals surface area contributed by atoms with Crippen LogP contribution in [0.5, 0.6) is 5.75 Å². The second kappa shape index (κ2) is 7.50. The Morgan fingerprint density at radius 2 is 1.75 bits per heavy atom. The molecule has 0 radical (unpaired) electrons. The Hall–Kier alpha value is -2.07. The molecule has 0 saturated carbocycles. The number of thiocarbonyl (C=S) groups is 1. The lowest BCUT2D eigenvalue weighted by Gasteiger charge is -2.12. The molecule has 0 aliphatic rings. The summed E-state index contributed by atoms with van der Waals surface area (Å²) in [5.41, 5.74) is 7.62. The van der Waals surface area contributed by atoms with Gasteiger partial charge in [0.25, 0.3) is 0 Å². The van der Waals surface area contributed by atoms with Gasteiger partial charge < -0.3 is 15.8 Å². The second-order valence-corrected chi connectivity index (χ2v) is 4.86. The zero-order valence-corrected chi connectivity index (χ0v) is 12.0. The number of benzene rings is 2. The first-order valence-corrected chi connectivity index (χ1v) is 6.99. The van der Waals surface area contributed by atoms with Gasteiger partial charge in [-0.15, -0.1) is 0 Å². The molecule has 0 fully saturated rings. The SMILES string of the molecule is NC(=S)Nc1ccccc1OCCCc1ccccc1. The molecule has 0 heterocycles. The van der Waals surface area contributed by atoms with Crippen LogP contribution < -0.4 is 15.8 Å². The normalized spacial score (nSPS) is 10.0. The first kappa shape index (κ1) is 14.3. The lowest BCUT2D eigenvalue weighted by atomic mass is 10.1. The van der Waals surface area contributed by atoms with E-state index < -0.39 is 0 Å². The largest absolute Gasteiger partial charge is 0.491 e. The summed E-state index contributed by atoms with van der Waals surface area (Å²) >= 11 is 4.85. The van der Waals surface area contributed by atoms with E-state index in [0.29, 0.717) is 6.61 Å². The average molecular weight is 286 g/mol. The first-order chi connectivity index (χ1) is 9.75. The number of anilines is 1. The van der Waals surface area contributed by atoms with E-state index in [-0.39, 0.29) is 5.11 Å². The van der Waals surface area contributed by atoms with Gasteiger partial charge in [0.1, 0.15) is 5.75 Å². The summed E-state index contributed by atoms with van der Waals surface area (Å²) in [6, 6.07) is 18.0. The number of aryl methyl sites for hydroxylation is 1. The fourth-order valence-electron chi connectivity index (χ4n) is 1.93. The van der Waals surface area contributed by atoms with Crippen molar-refractivity contribution in [3.05, 3.63) is 60.2 Å². The summed E-state index contributed by atoms with van der Waals surface area (Å²) < 4.78 is 5.78. The number of nitrogens with two attached hydrogens (primary N) is 1. The molecule has 0 aliphatic carbocycles. The third kappa shape index (κ3) is 4.55. The van der Waals surface area contributed by atoms with Crippen LogP contribution in [0.3, 0.4) is 0 Å². The van der Waals surface area contributed by atoms with Gasteiger partial charge in [-0.3, -0.25) is 0 Å². The maximum Gasteiger partial charge on any atom is 0.168 e. The fourth-order valence-corrected chi connectivity index (χ4v) is 2.04. The van der Waals surface area contributed by atoms with E-state index in [1.807, 2.05) is 30.3 Å². The zero-order chi connectivity index (χ0) is 14.2. The highest BCUT2D eigenvalue weighted by Gasteiger charge is 2.03. The van der Waals surface area contributed by atoms with E-state index in [0.717, 1.165) is 24.3 Å². The molecule has 0 spiro atoms. The smallest absolute Gasteiger partial charge is 0.168 e. The Balaban J connectivity index is 1.83. The van der Waals surface area contributed by atoms with Crippen LogP contribution in [0.2, 0.25) is 0 Å².